The second-order valence-corrected chi connectivity index (χ2v) is 6.21. The van der Waals surface area contributed by atoms with E-state index in [1.807, 2.05) is 19.0 Å². The number of nitrogens with one attached hydrogen (secondary N) is 1. The number of carbonyl (C=O) groups excluding carboxylic acids is 1. The fourth-order valence-corrected chi connectivity index (χ4v) is 3.22. The van der Waals surface area contributed by atoms with E-state index in [0.29, 0.717) is 13.2 Å². The van der Waals surface area contributed by atoms with E-state index < -0.39 is 0 Å². The minimum Gasteiger partial charge on any atom is -0.379 e. The minimum absolute atomic E-state index is 0.0331. The Morgan fingerprint density at radius 2 is 2.00 bits per heavy atom. The highest BCUT2D eigenvalue weighted by Crippen LogP contribution is 2.37. The second-order valence-electron chi connectivity index (χ2n) is 6.21. The van der Waals surface area contributed by atoms with Crippen molar-refractivity contribution in [3.05, 3.63) is 0 Å². The summed E-state index contributed by atoms with van der Waals surface area (Å²) in [5, 5.41) is 3.18. The fourth-order valence-electron chi connectivity index (χ4n) is 3.22. The maximum atomic E-state index is 12.5. The van der Waals surface area contributed by atoms with Gasteiger partial charge in [0.2, 0.25) is 5.91 Å². The molecule has 0 aromatic heterocycles. The Kier molecular flexibility index (Phi) is 4.48. The van der Waals surface area contributed by atoms with E-state index in [1.54, 1.807) is 0 Å². The normalized spacial score (nSPS) is 29.3. The van der Waals surface area contributed by atoms with Crippen LogP contribution in [0.25, 0.3) is 0 Å². The predicted molar refractivity (Wildman–Crippen MR) is 75.1 cm³/mol. The van der Waals surface area contributed by atoms with Gasteiger partial charge in [0.15, 0.2) is 0 Å². The van der Waals surface area contributed by atoms with Gasteiger partial charge < -0.3 is 19.9 Å². The monoisotopic (exact) mass is 269 g/mol. The Labute approximate surface area is 116 Å². The van der Waals surface area contributed by atoms with Gasteiger partial charge in [-0.25, -0.2) is 0 Å². The smallest absolute Gasteiger partial charge is 0.229 e. The number of rotatable bonds is 5. The molecule has 2 fully saturated rings. The maximum absolute atomic E-state index is 12.5. The van der Waals surface area contributed by atoms with E-state index in [-0.39, 0.29) is 23.4 Å². The van der Waals surface area contributed by atoms with E-state index in [9.17, 15) is 4.79 Å². The van der Waals surface area contributed by atoms with Gasteiger partial charge in [0.25, 0.3) is 0 Å². The number of likely N-dealkylation sites (N-methyl/N-ethyl adjacent to an activating group) is 3. The van der Waals surface area contributed by atoms with Crippen molar-refractivity contribution in [1.29, 1.82) is 0 Å². The summed E-state index contributed by atoms with van der Waals surface area (Å²) in [5.41, 5.74) is 0.193. The fraction of sp³-hybridized carbons (Fsp3) is 0.929. The second kappa shape index (κ2) is 5.77. The van der Waals surface area contributed by atoms with Crippen LogP contribution >= 0.6 is 0 Å². The van der Waals surface area contributed by atoms with Crippen LogP contribution in [0.1, 0.15) is 19.3 Å². The first-order chi connectivity index (χ1) is 9.00. The molecule has 1 aliphatic heterocycles. The SMILES string of the molecule is CNC1COCC1C(=O)N(C)CC1(N(C)C)CCC1. The molecule has 1 aliphatic carbocycles. The third-order valence-electron chi connectivity index (χ3n) is 4.91. The first-order valence-electron chi connectivity index (χ1n) is 7.17. The molecule has 0 radical (unpaired) electrons. The van der Waals surface area contributed by atoms with Gasteiger partial charge in [0.1, 0.15) is 0 Å². The zero-order chi connectivity index (χ0) is 14.0. The van der Waals surface area contributed by atoms with Crippen LogP contribution in [0.5, 0.6) is 0 Å². The van der Waals surface area contributed by atoms with Gasteiger partial charge in [-0.1, -0.05) is 0 Å². The van der Waals surface area contributed by atoms with Crippen LogP contribution in [0, 0.1) is 5.92 Å². The highest BCUT2D eigenvalue weighted by Gasteiger charge is 2.42. The summed E-state index contributed by atoms with van der Waals surface area (Å²) in [6.07, 6.45) is 3.65. The van der Waals surface area contributed by atoms with E-state index in [4.69, 9.17) is 4.74 Å². The number of amides is 1. The molecule has 5 heteroatoms. The molecule has 19 heavy (non-hydrogen) atoms. The molecule has 0 aromatic carbocycles. The zero-order valence-electron chi connectivity index (χ0n) is 12.6. The van der Waals surface area contributed by atoms with Gasteiger partial charge in [-0.15, -0.1) is 0 Å². The van der Waals surface area contributed by atoms with Crippen molar-refractivity contribution >= 4 is 5.91 Å². The summed E-state index contributed by atoms with van der Waals surface area (Å²) < 4.78 is 5.43. The Balaban J connectivity index is 1.95. The van der Waals surface area contributed by atoms with Crippen molar-refractivity contribution in [3.63, 3.8) is 0 Å². The van der Waals surface area contributed by atoms with Gasteiger partial charge in [0.05, 0.1) is 19.1 Å². The molecule has 2 aliphatic rings. The van der Waals surface area contributed by atoms with Crippen LogP contribution in [0.2, 0.25) is 0 Å². The lowest BCUT2D eigenvalue weighted by atomic mass is 9.75. The van der Waals surface area contributed by atoms with Gasteiger partial charge in [0, 0.05) is 25.2 Å². The zero-order valence-corrected chi connectivity index (χ0v) is 12.6. The molecule has 1 saturated carbocycles. The van der Waals surface area contributed by atoms with Crippen molar-refractivity contribution in [3.8, 4) is 0 Å². The molecule has 1 amide bonds. The quantitative estimate of drug-likeness (QED) is 0.772. The Morgan fingerprint density at radius 3 is 2.47 bits per heavy atom. The lowest BCUT2D eigenvalue weighted by Gasteiger charge is -2.49. The number of hydrogen-bond acceptors (Lipinski definition) is 4. The topological polar surface area (TPSA) is 44.8 Å². The lowest BCUT2D eigenvalue weighted by molar-refractivity contribution is -0.137. The number of hydrogen-bond donors (Lipinski definition) is 1. The number of nitrogens with zero attached hydrogens (tertiary/aromatic N) is 2. The van der Waals surface area contributed by atoms with Crippen molar-refractivity contribution in [2.75, 3.05) is 47.9 Å². The number of ether oxygens (including phenoxy) is 1. The summed E-state index contributed by atoms with van der Waals surface area (Å²) in [4.78, 5) is 16.7. The van der Waals surface area contributed by atoms with Crippen LogP contribution in [-0.2, 0) is 9.53 Å². The van der Waals surface area contributed by atoms with E-state index in [1.165, 1.54) is 19.3 Å². The summed E-state index contributed by atoms with van der Waals surface area (Å²) in [7, 11) is 8.06. The van der Waals surface area contributed by atoms with Gasteiger partial charge in [-0.2, -0.15) is 0 Å². The van der Waals surface area contributed by atoms with E-state index in [2.05, 4.69) is 24.3 Å². The molecular formula is C14H27N3O2. The molecule has 5 nitrogen and oxygen atoms in total. The molecule has 2 atom stereocenters. The molecule has 0 aromatic rings. The summed E-state index contributed by atoms with van der Waals surface area (Å²) >= 11 is 0. The van der Waals surface area contributed by atoms with Gasteiger partial charge >= 0.3 is 0 Å². The van der Waals surface area contributed by atoms with Crippen molar-refractivity contribution in [1.82, 2.24) is 15.1 Å². The summed E-state index contributed by atoms with van der Waals surface area (Å²) in [5.74, 6) is 0.180. The maximum Gasteiger partial charge on any atom is 0.229 e. The van der Waals surface area contributed by atoms with Crippen LogP contribution in [0.4, 0.5) is 0 Å². The summed E-state index contributed by atoms with van der Waals surface area (Å²) in [6.45, 7) is 2.01. The third-order valence-corrected chi connectivity index (χ3v) is 4.91. The minimum atomic E-state index is -0.0331. The largest absolute Gasteiger partial charge is 0.379 e. The average molecular weight is 269 g/mol. The molecule has 2 unspecified atom stereocenters. The van der Waals surface area contributed by atoms with E-state index >= 15 is 0 Å². The first kappa shape index (κ1) is 14.8. The Bertz CT molecular complexity index is 329. The number of carbonyl (C=O) groups is 1. The predicted octanol–water partition coefficient (Wildman–Crippen LogP) is 0.164. The van der Waals surface area contributed by atoms with Crippen LogP contribution < -0.4 is 5.32 Å². The molecule has 1 heterocycles. The molecular weight excluding hydrogens is 242 g/mol. The van der Waals surface area contributed by atoms with Crippen molar-refractivity contribution in [2.24, 2.45) is 5.92 Å². The Hall–Kier alpha value is -0.650. The highest BCUT2D eigenvalue weighted by atomic mass is 16.5. The lowest BCUT2D eigenvalue weighted by Crippen LogP contribution is -2.58. The van der Waals surface area contributed by atoms with Crippen molar-refractivity contribution < 1.29 is 9.53 Å². The molecule has 1 N–H and O–H groups in total. The van der Waals surface area contributed by atoms with E-state index in [0.717, 1.165) is 6.54 Å². The molecule has 2 rings (SSSR count). The van der Waals surface area contributed by atoms with Crippen LogP contribution in [0.15, 0.2) is 0 Å². The highest BCUT2D eigenvalue weighted by molar-refractivity contribution is 5.80. The van der Waals surface area contributed by atoms with Gasteiger partial charge in [-0.05, 0) is 40.4 Å². The van der Waals surface area contributed by atoms with Crippen molar-refractivity contribution in [2.45, 2.75) is 30.8 Å². The molecule has 0 spiro atoms. The Morgan fingerprint density at radius 1 is 1.32 bits per heavy atom. The standard InChI is InChI=1S/C14H27N3O2/c1-15-12-9-19-8-11(12)13(18)17(4)10-14(16(2)3)6-5-7-14/h11-12,15H,5-10H2,1-4H3. The third kappa shape index (κ3) is 2.78. The first-order valence-corrected chi connectivity index (χ1v) is 7.17. The molecule has 1 saturated heterocycles. The molecule has 0 bridgehead atoms. The summed E-state index contributed by atoms with van der Waals surface area (Å²) in [6, 6.07) is 0.159. The van der Waals surface area contributed by atoms with Crippen LogP contribution in [0.3, 0.4) is 0 Å². The average Bonchev–Trinajstić information content (AvgIpc) is 2.80. The van der Waals surface area contributed by atoms with Crippen LogP contribution in [-0.4, -0.2) is 75.2 Å². The molecule has 110 valence electrons. The van der Waals surface area contributed by atoms with Gasteiger partial charge in [-0.3, -0.25) is 4.79 Å².